The number of hydrogen-bond donors (Lipinski definition) is 0. The van der Waals surface area contributed by atoms with Crippen LogP contribution in [0.4, 0.5) is 0 Å². The Balaban J connectivity index is 2.15. The quantitative estimate of drug-likeness (QED) is 0.567. The second-order valence-electron chi connectivity index (χ2n) is 5.04. The lowest BCUT2D eigenvalue weighted by molar-refractivity contribution is 0.104. The zero-order valence-corrected chi connectivity index (χ0v) is 14.7. The number of allylic oxidation sites excluding steroid dienone is 1. The van der Waals surface area contributed by atoms with Crippen molar-refractivity contribution in [1.29, 1.82) is 0 Å². The van der Waals surface area contributed by atoms with Gasteiger partial charge in [-0.1, -0.05) is 30.0 Å². The maximum atomic E-state index is 12.3. The number of Topliss-reactive ketones (excluding diaryl/α,β-unsaturated/α-hetero) is 1. The van der Waals surface area contributed by atoms with Gasteiger partial charge in [0, 0.05) is 10.5 Å². The van der Waals surface area contributed by atoms with Gasteiger partial charge in [-0.05, 0) is 35.9 Å². The first kappa shape index (κ1) is 17.8. The number of thioether (sulfide) groups is 1. The second-order valence-corrected chi connectivity index (χ2v) is 8.86. The molecule has 10 heteroatoms. The molecule has 3 rings (SSSR count). The third-order valence-electron chi connectivity index (χ3n) is 3.41. The molecule has 0 saturated carbocycles. The number of carbonyl (C=O) groups excluding carboxylic acids is 1. The van der Waals surface area contributed by atoms with Gasteiger partial charge in [0.25, 0.3) is 0 Å². The van der Waals surface area contributed by atoms with Crippen molar-refractivity contribution in [3.05, 3.63) is 58.5 Å². The van der Waals surface area contributed by atoms with Crippen LogP contribution >= 0.6 is 11.8 Å². The number of carbonyl (C=O) groups is 1. The number of benzene rings is 2. The number of hydrogen-bond acceptors (Lipinski definition) is 8. The molecule has 2 aromatic carbocycles. The van der Waals surface area contributed by atoms with Gasteiger partial charge >= 0.3 is 0 Å². The van der Waals surface area contributed by atoms with Crippen molar-refractivity contribution in [1.82, 2.24) is 0 Å². The van der Waals surface area contributed by atoms with Crippen LogP contribution in [0.25, 0.3) is 6.08 Å². The standard InChI is InChI=1S/C15H10O7S3/c16-15-11-3-1-2-4-12(11)23-13(15)7-9-5-6-10(24(17,18)19)8-14(9)25(20,21)22/h1-8H,(H,17,18,19)(H,20,21,22)/p-2/b13-7-. The summed E-state index contributed by atoms with van der Waals surface area (Å²) in [4.78, 5) is 11.5. The van der Waals surface area contributed by atoms with E-state index in [4.69, 9.17) is 0 Å². The van der Waals surface area contributed by atoms with Gasteiger partial charge in [0.15, 0.2) is 0 Å². The molecule has 0 spiro atoms. The monoisotopic (exact) mass is 396 g/mol. The molecule has 0 atom stereocenters. The Hall–Kier alpha value is -1.98. The molecule has 7 nitrogen and oxygen atoms in total. The lowest BCUT2D eigenvalue weighted by Crippen LogP contribution is -2.06. The third kappa shape index (κ3) is 3.53. The minimum atomic E-state index is -5.06. The lowest BCUT2D eigenvalue weighted by Gasteiger charge is -2.14. The number of ketones is 1. The molecule has 1 heterocycles. The van der Waals surface area contributed by atoms with Gasteiger partial charge < -0.3 is 9.11 Å². The lowest BCUT2D eigenvalue weighted by atomic mass is 10.1. The minimum absolute atomic E-state index is 0.161. The van der Waals surface area contributed by atoms with Gasteiger partial charge in [-0.2, -0.15) is 0 Å². The highest BCUT2D eigenvalue weighted by Crippen LogP contribution is 2.41. The number of fused-ring (bicyclic) bond motifs is 1. The second kappa shape index (κ2) is 6.07. The highest BCUT2D eigenvalue weighted by molar-refractivity contribution is 8.04. The highest BCUT2D eigenvalue weighted by Gasteiger charge is 2.25. The molecule has 0 aromatic heterocycles. The zero-order chi connectivity index (χ0) is 18.4. The van der Waals surface area contributed by atoms with Crippen LogP contribution in [0.1, 0.15) is 15.9 Å². The molecule has 25 heavy (non-hydrogen) atoms. The fourth-order valence-corrected chi connectivity index (χ4v) is 4.58. The maximum Gasteiger partial charge on any atom is 0.200 e. The van der Waals surface area contributed by atoms with Gasteiger partial charge in [0.1, 0.15) is 20.2 Å². The average molecular weight is 396 g/mol. The summed E-state index contributed by atoms with van der Waals surface area (Å²) in [5.74, 6) is -0.338. The SMILES string of the molecule is O=C1/C(=C/c2ccc(S(=O)(=O)[O-])cc2S(=O)(=O)[O-])Sc2ccccc21. The predicted octanol–water partition coefficient (Wildman–Crippen LogP) is 1.82. The normalized spacial score (nSPS) is 16.2. The summed E-state index contributed by atoms with van der Waals surface area (Å²) in [5, 5.41) is 0. The summed E-state index contributed by atoms with van der Waals surface area (Å²) in [5.41, 5.74) is 0.287. The van der Waals surface area contributed by atoms with Gasteiger partial charge in [-0.3, -0.25) is 4.79 Å². The summed E-state index contributed by atoms with van der Waals surface area (Å²) in [7, 11) is -9.99. The fourth-order valence-electron chi connectivity index (χ4n) is 2.28. The Bertz CT molecular complexity index is 1130. The summed E-state index contributed by atoms with van der Waals surface area (Å²) >= 11 is 1.10. The Morgan fingerprint density at radius 3 is 2.20 bits per heavy atom. The molecule has 0 saturated heterocycles. The van der Waals surface area contributed by atoms with Crippen LogP contribution in [0.2, 0.25) is 0 Å². The van der Waals surface area contributed by atoms with E-state index in [1.54, 1.807) is 24.3 Å². The topological polar surface area (TPSA) is 131 Å². The molecule has 1 aliphatic heterocycles. The molecule has 2 aromatic rings. The van der Waals surface area contributed by atoms with Crippen LogP contribution in [-0.2, 0) is 20.2 Å². The van der Waals surface area contributed by atoms with Gasteiger partial charge in [-0.25, -0.2) is 16.8 Å². The van der Waals surface area contributed by atoms with E-state index in [9.17, 15) is 30.7 Å². The molecule has 0 fully saturated rings. The van der Waals surface area contributed by atoms with Crippen LogP contribution in [0.15, 0.2) is 62.1 Å². The van der Waals surface area contributed by atoms with E-state index in [1.165, 1.54) is 6.08 Å². The summed E-state index contributed by atoms with van der Waals surface area (Å²) in [6.45, 7) is 0. The summed E-state index contributed by atoms with van der Waals surface area (Å²) < 4.78 is 67.4. The van der Waals surface area contributed by atoms with Crippen molar-refractivity contribution in [3.8, 4) is 0 Å². The van der Waals surface area contributed by atoms with Crippen molar-refractivity contribution < 1.29 is 30.7 Å². The zero-order valence-electron chi connectivity index (χ0n) is 12.2. The van der Waals surface area contributed by atoms with Crippen LogP contribution in [0, 0.1) is 0 Å². The van der Waals surface area contributed by atoms with E-state index in [1.807, 2.05) is 0 Å². The van der Waals surface area contributed by atoms with Crippen LogP contribution in [-0.4, -0.2) is 31.7 Å². The predicted molar refractivity (Wildman–Crippen MR) is 87.0 cm³/mol. The molecule has 0 unspecified atom stereocenters. The molecule has 0 N–H and O–H groups in total. The third-order valence-corrected chi connectivity index (χ3v) is 6.23. The Kier molecular flexibility index (Phi) is 4.33. The van der Waals surface area contributed by atoms with E-state index in [2.05, 4.69) is 0 Å². The van der Waals surface area contributed by atoms with E-state index in [0.717, 1.165) is 23.9 Å². The molecular formula is C15H8O7S3-2. The van der Waals surface area contributed by atoms with Gasteiger partial charge in [-0.15, -0.1) is 0 Å². The summed E-state index contributed by atoms with van der Waals surface area (Å²) in [6.07, 6.45) is 1.19. The van der Waals surface area contributed by atoms with Crippen LogP contribution in [0.3, 0.4) is 0 Å². The first-order chi connectivity index (χ1) is 11.6. The Morgan fingerprint density at radius 2 is 1.60 bits per heavy atom. The van der Waals surface area contributed by atoms with Crippen molar-refractivity contribution in [3.63, 3.8) is 0 Å². The molecule has 0 bridgehead atoms. The molecular weight excluding hydrogens is 388 g/mol. The van der Waals surface area contributed by atoms with Gasteiger partial charge in [0.05, 0.1) is 14.7 Å². The molecule has 0 aliphatic carbocycles. The summed E-state index contributed by atoms with van der Waals surface area (Å²) in [6, 6.07) is 9.17. The van der Waals surface area contributed by atoms with Crippen molar-refractivity contribution >= 4 is 43.9 Å². The Labute approximate surface area is 147 Å². The first-order valence-electron chi connectivity index (χ1n) is 6.66. The number of rotatable bonds is 3. The van der Waals surface area contributed by atoms with E-state index in [-0.39, 0.29) is 16.3 Å². The van der Waals surface area contributed by atoms with E-state index in [0.29, 0.717) is 16.5 Å². The fraction of sp³-hybridized carbons (Fsp3) is 0. The van der Waals surface area contributed by atoms with Gasteiger partial charge in [0.2, 0.25) is 5.78 Å². The maximum absolute atomic E-state index is 12.3. The van der Waals surface area contributed by atoms with Crippen molar-refractivity contribution in [2.45, 2.75) is 14.7 Å². The van der Waals surface area contributed by atoms with Crippen molar-refractivity contribution in [2.75, 3.05) is 0 Å². The molecule has 0 radical (unpaired) electrons. The van der Waals surface area contributed by atoms with Crippen LogP contribution < -0.4 is 0 Å². The highest BCUT2D eigenvalue weighted by atomic mass is 32.2. The Morgan fingerprint density at radius 1 is 0.920 bits per heavy atom. The minimum Gasteiger partial charge on any atom is -0.744 e. The molecule has 1 aliphatic rings. The smallest absolute Gasteiger partial charge is 0.200 e. The molecule has 0 amide bonds. The largest absolute Gasteiger partial charge is 0.744 e. The van der Waals surface area contributed by atoms with E-state index >= 15 is 0 Å². The average Bonchev–Trinajstić information content (AvgIpc) is 2.82. The van der Waals surface area contributed by atoms with E-state index < -0.39 is 30.0 Å². The molecule has 130 valence electrons. The van der Waals surface area contributed by atoms with Crippen molar-refractivity contribution in [2.24, 2.45) is 0 Å². The van der Waals surface area contributed by atoms with Crippen LogP contribution in [0.5, 0.6) is 0 Å². The first-order valence-corrected chi connectivity index (χ1v) is 10.3.